The van der Waals surface area contributed by atoms with Gasteiger partial charge in [-0.2, -0.15) is 0 Å². The molecule has 0 bridgehead atoms. The zero-order valence-electron chi connectivity index (χ0n) is 11.0. The highest BCUT2D eigenvalue weighted by Crippen LogP contribution is 2.34. The molecule has 1 fully saturated rings. The van der Waals surface area contributed by atoms with Crippen molar-refractivity contribution in [3.05, 3.63) is 33.9 Å². The van der Waals surface area contributed by atoms with Gasteiger partial charge in [-0.1, -0.05) is 15.9 Å². The van der Waals surface area contributed by atoms with Crippen molar-refractivity contribution in [3.8, 4) is 5.75 Å². The highest BCUT2D eigenvalue weighted by Gasteiger charge is 2.37. The Kier molecular flexibility index (Phi) is 4.27. The molecule has 0 saturated heterocycles. The molecule has 1 aromatic carbocycles. The summed E-state index contributed by atoms with van der Waals surface area (Å²) in [5.41, 5.74) is 0.0223. The third-order valence-electron chi connectivity index (χ3n) is 3.58. The number of nitrogens with one attached hydrogen (secondary N) is 1. The van der Waals surface area contributed by atoms with Crippen LogP contribution in [0.15, 0.2) is 18.2 Å². The highest BCUT2D eigenvalue weighted by atomic mass is 79.9. The molecule has 2 rings (SSSR count). The fourth-order valence-corrected chi connectivity index (χ4v) is 2.88. The van der Waals surface area contributed by atoms with Gasteiger partial charge in [0.2, 0.25) is 0 Å². The van der Waals surface area contributed by atoms with Crippen LogP contribution in [0.5, 0.6) is 5.75 Å². The number of hydrogen-bond donors (Lipinski definition) is 1. The van der Waals surface area contributed by atoms with E-state index < -0.39 is 4.92 Å². The molecule has 0 aromatic heterocycles. The number of carbonyl (C=O) groups is 1. The molecular formula is C13H15BrN2O4. The van der Waals surface area contributed by atoms with Crippen LogP contribution in [0.4, 0.5) is 5.69 Å². The molecule has 20 heavy (non-hydrogen) atoms. The number of carbonyl (C=O) groups excluding carboxylic acids is 1. The van der Waals surface area contributed by atoms with Crippen LogP contribution in [0, 0.1) is 10.1 Å². The topological polar surface area (TPSA) is 81.5 Å². The molecule has 6 nitrogen and oxygen atoms in total. The molecule has 0 radical (unpaired) electrons. The predicted molar refractivity (Wildman–Crippen MR) is 77.5 cm³/mol. The van der Waals surface area contributed by atoms with Crippen LogP contribution in [0.1, 0.15) is 29.6 Å². The van der Waals surface area contributed by atoms with Crippen LogP contribution >= 0.6 is 15.9 Å². The molecule has 1 saturated carbocycles. The van der Waals surface area contributed by atoms with Crippen LogP contribution in [0.25, 0.3) is 0 Å². The first-order chi connectivity index (χ1) is 9.51. The number of nitrogens with zero attached hydrogens (tertiary/aromatic N) is 1. The maximum Gasteiger partial charge on any atom is 0.310 e. The number of amides is 1. The fraction of sp³-hybridized carbons (Fsp3) is 0.462. The van der Waals surface area contributed by atoms with Crippen molar-refractivity contribution < 1.29 is 14.5 Å². The molecule has 1 aromatic rings. The Morgan fingerprint density at radius 3 is 2.70 bits per heavy atom. The molecule has 1 amide bonds. The maximum atomic E-state index is 12.2. The van der Waals surface area contributed by atoms with Gasteiger partial charge in [0, 0.05) is 23.0 Å². The number of ether oxygens (including phenoxy) is 1. The Labute approximate surface area is 124 Å². The first-order valence-corrected chi connectivity index (χ1v) is 7.34. The van der Waals surface area contributed by atoms with Crippen LogP contribution in [0.3, 0.4) is 0 Å². The monoisotopic (exact) mass is 342 g/mol. The van der Waals surface area contributed by atoms with E-state index in [9.17, 15) is 14.9 Å². The van der Waals surface area contributed by atoms with Gasteiger partial charge >= 0.3 is 5.69 Å². The summed E-state index contributed by atoms with van der Waals surface area (Å²) in [4.78, 5) is 22.5. The lowest BCUT2D eigenvalue weighted by Gasteiger charge is -2.41. The molecule has 1 aliphatic carbocycles. The summed E-state index contributed by atoms with van der Waals surface area (Å²) in [7, 11) is 1.34. The SMILES string of the molecule is COc1cc(C(=O)NC2(CBr)CCC2)ccc1[N+](=O)[O-]. The third-order valence-corrected chi connectivity index (χ3v) is 4.66. The molecule has 0 unspecified atom stereocenters. The number of nitro groups is 1. The average Bonchev–Trinajstić information content (AvgIpc) is 2.41. The minimum Gasteiger partial charge on any atom is -0.490 e. The molecule has 7 heteroatoms. The summed E-state index contributed by atoms with van der Waals surface area (Å²) in [5.74, 6) is -0.151. The number of benzene rings is 1. The Morgan fingerprint density at radius 2 is 2.25 bits per heavy atom. The van der Waals surface area contributed by atoms with Crippen LogP contribution in [-0.2, 0) is 0 Å². The van der Waals surface area contributed by atoms with E-state index in [1.165, 1.54) is 25.3 Å². The maximum absolute atomic E-state index is 12.2. The number of rotatable bonds is 5. The first kappa shape index (κ1) is 14.8. The van der Waals surface area contributed by atoms with E-state index in [0.717, 1.165) is 19.3 Å². The zero-order chi connectivity index (χ0) is 14.8. The number of halogens is 1. The summed E-state index contributed by atoms with van der Waals surface area (Å²) >= 11 is 3.41. The number of alkyl halides is 1. The molecule has 0 aliphatic heterocycles. The summed E-state index contributed by atoms with van der Waals surface area (Å²) < 4.78 is 4.96. The molecule has 108 valence electrons. The lowest BCUT2D eigenvalue weighted by atomic mass is 9.78. The van der Waals surface area contributed by atoms with Gasteiger partial charge in [-0.05, 0) is 25.3 Å². The van der Waals surface area contributed by atoms with Gasteiger partial charge in [0.1, 0.15) is 0 Å². The second kappa shape index (κ2) is 5.78. The summed E-state index contributed by atoms with van der Waals surface area (Å²) in [6.45, 7) is 0. The van der Waals surface area contributed by atoms with Crippen molar-refractivity contribution in [3.63, 3.8) is 0 Å². The summed E-state index contributed by atoms with van der Waals surface area (Å²) in [6, 6.07) is 4.12. The largest absolute Gasteiger partial charge is 0.490 e. The van der Waals surface area contributed by atoms with Gasteiger partial charge in [-0.15, -0.1) is 0 Å². The molecule has 1 aliphatic rings. The molecular weight excluding hydrogens is 328 g/mol. The zero-order valence-corrected chi connectivity index (χ0v) is 12.6. The normalized spacial score (nSPS) is 16.1. The Hall–Kier alpha value is -1.63. The first-order valence-electron chi connectivity index (χ1n) is 6.22. The highest BCUT2D eigenvalue weighted by molar-refractivity contribution is 9.09. The smallest absolute Gasteiger partial charge is 0.310 e. The van der Waals surface area contributed by atoms with E-state index >= 15 is 0 Å². The number of methoxy groups -OCH3 is 1. The van der Waals surface area contributed by atoms with Crippen LogP contribution in [0.2, 0.25) is 0 Å². The lowest BCUT2D eigenvalue weighted by Crippen LogP contribution is -2.54. The molecule has 0 atom stereocenters. The van der Waals surface area contributed by atoms with Crippen molar-refractivity contribution in [1.82, 2.24) is 5.32 Å². The standard InChI is InChI=1S/C13H15BrN2O4/c1-20-11-7-9(3-4-10(11)16(18)19)12(17)15-13(8-14)5-2-6-13/h3-4,7H,2,5-6,8H2,1H3,(H,15,17). The van der Waals surface area contributed by atoms with E-state index in [2.05, 4.69) is 21.2 Å². The third kappa shape index (κ3) is 2.77. The molecule has 0 spiro atoms. The van der Waals surface area contributed by atoms with Crippen molar-refractivity contribution in [2.45, 2.75) is 24.8 Å². The lowest BCUT2D eigenvalue weighted by molar-refractivity contribution is -0.385. The van der Waals surface area contributed by atoms with Crippen molar-refractivity contribution in [1.29, 1.82) is 0 Å². The van der Waals surface area contributed by atoms with Gasteiger partial charge in [0.05, 0.1) is 17.6 Å². The van der Waals surface area contributed by atoms with Gasteiger partial charge in [0.15, 0.2) is 5.75 Å². The van der Waals surface area contributed by atoms with Gasteiger partial charge < -0.3 is 10.1 Å². The van der Waals surface area contributed by atoms with E-state index in [4.69, 9.17) is 4.74 Å². The van der Waals surface area contributed by atoms with E-state index in [1.54, 1.807) is 0 Å². The van der Waals surface area contributed by atoms with E-state index in [0.29, 0.717) is 10.9 Å². The Morgan fingerprint density at radius 1 is 1.55 bits per heavy atom. The Bertz CT molecular complexity index is 538. The Balaban J connectivity index is 2.20. The van der Waals surface area contributed by atoms with E-state index in [1.807, 2.05) is 0 Å². The molecule has 1 N–H and O–H groups in total. The fourth-order valence-electron chi connectivity index (χ4n) is 2.18. The summed E-state index contributed by atoms with van der Waals surface area (Å²) in [5, 5.41) is 14.5. The predicted octanol–water partition coefficient (Wildman–Crippen LogP) is 2.65. The van der Waals surface area contributed by atoms with E-state index in [-0.39, 0.29) is 22.9 Å². The van der Waals surface area contributed by atoms with Crippen molar-refractivity contribution in [2.75, 3.05) is 12.4 Å². The van der Waals surface area contributed by atoms with Crippen LogP contribution in [-0.4, -0.2) is 28.8 Å². The van der Waals surface area contributed by atoms with Gasteiger partial charge in [-0.3, -0.25) is 14.9 Å². The van der Waals surface area contributed by atoms with Crippen LogP contribution < -0.4 is 10.1 Å². The second-order valence-electron chi connectivity index (χ2n) is 4.87. The quantitative estimate of drug-likeness (QED) is 0.506. The number of hydrogen-bond acceptors (Lipinski definition) is 4. The van der Waals surface area contributed by atoms with Gasteiger partial charge in [0.25, 0.3) is 5.91 Å². The summed E-state index contributed by atoms with van der Waals surface area (Å²) in [6.07, 6.45) is 2.97. The second-order valence-corrected chi connectivity index (χ2v) is 5.43. The molecule has 0 heterocycles. The van der Waals surface area contributed by atoms with Gasteiger partial charge in [-0.25, -0.2) is 0 Å². The average molecular weight is 343 g/mol. The van der Waals surface area contributed by atoms with Crippen molar-refractivity contribution >= 4 is 27.5 Å². The van der Waals surface area contributed by atoms with Crippen molar-refractivity contribution in [2.24, 2.45) is 0 Å². The number of nitro benzene ring substituents is 1. The minimum absolute atomic E-state index is 0.0872. The minimum atomic E-state index is -0.535.